The van der Waals surface area contributed by atoms with Crippen LogP contribution in [-0.4, -0.2) is 50.5 Å². The fraction of sp³-hybridized carbons (Fsp3) is 0.379. The number of halogens is 6. The highest BCUT2D eigenvalue weighted by Crippen LogP contribution is 2.34. The summed E-state index contributed by atoms with van der Waals surface area (Å²) in [6.45, 7) is 3.87. The van der Waals surface area contributed by atoms with Crippen molar-refractivity contribution in [3.8, 4) is 0 Å². The molecule has 15 heteroatoms. The van der Waals surface area contributed by atoms with Crippen LogP contribution < -0.4 is 10.6 Å². The summed E-state index contributed by atoms with van der Waals surface area (Å²) in [6, 6.07) is 7.52. The maximum atomic E-state index is 14.4. The Morgan fingerprint density at radius 1 is 0.977 bits per heavy atom. The van der Waals surface area contributed by atoms with Gasteiger partial charge < -0.3 is 24.8 Å². The molecule has 2 aromatic carbocycles. The first-order chi connectivity index (χ1) is 20.5. The lowest BCUT2D eigenvalue weighted by molar-refractivity contribution is -0.148. The van der Waals surface area contributed by atoms with Crippen molar-refractivity contribution in [2.24, 2.45) is 0 Å². The highest BCUT2D eigenvalue weighted by Gasteiger charge is 2.41. The van der Waals surface area contributed by atoms with Crippen LogP contribution in [0.3, 0.4) is 0 Å². The Balaban J connectivity index is 1.58. The Morgan fingerprint density at radius 2 is 1.64 bits per heavy atom. The van der Waals surface area contributed by atoms with E-state index >= 15 is 0 Å². The average Bonchev–Trinajstić information content (AvgIpc) is 3.29. The molecule has 3 aromatic rings. The second-order valence-corrected chi connectivity index (χ2v) is 11.1. The first-order valence-electron chi connectivity index (χ1n) is 13.5. The quantitative estimate of drug-likeness (QED) is 0.269. The van der Waals surface area contributed by atoms with Crippen molar-refractivity contribution < 1.29 is 45.5 Å². The zero-order chi connectivity index (χ0) is 32.4. The van der Waals surface area contributed by atoms with Gasteiger partial charge in [-0.05, 0) is 51.0 Å². The van der Waals surface area contributed by atoms with Gasteiger partial charge in [-0.1, -0.05) is 18.2 Å². The van der Waals surface area contributed by atoms with Gasteiger partial charge >= 0.3 is 12.3 Å². The molecule has 3 amide bonds. The summed E-state index contributed by atoms with van der Waals surface area (Å²) >= 11 is 0. The smallest absolute Gasteiger partial charge is 0.444 e. The lowest BCUT2D eigenvalue weighted by atomic mass is 10.0. The van der Waals surface area contributed by atoms with Gasteiger partial charge in [0.25, 0.3) is 5.91 Å². The number of ether oxygens (including phenoxy) is 1. The Labute approximate surface area is 248 Å². The van der Waals surface area contributed by atoms with E-state index in [1.165, 1.54) is 17.0 Å². The number of carbonyl (C=O) groups excluding carboxylic acids is 3. The minimum atomic E-state index is -4.85. The van der Waals surface area contributed by atoms with E-state index in [0.29, 0.717) is 12.1 Å². The number of rotatable bonds is 7. The van der Waals surface area contributed by atoms with Crippen molar-refractivity contribution in [1.82, 2.24) is 19.8 Å². The van der Waals surface area contributed by atoms with Gasteiger partial charge in [0.15, 0.2) is 17.5 Å². The van der Waals surface area contributed by atoms with E-state index in [1.54, 1.807) is 39.0 Å². The number of nitrogens with zero attached hydrogens (tertiary/aromatic N) is 3. The second kappa shape index (κ2) is 12.6. The van der Waals surface area contributed by atoms with Gasteiger partial charge in [0, 0.05) is 37.2 Å². The Morgan fingerprint density at radius 3 is 2.27 bits per heavy atom. The van der Waals surface area contributed by atoms with Crippen LogP contribution in [0.25, 0.3) is 0 Å². The Hall–Kier alpha value is -4.56. The standard InChI is InChI=1S/C29H29F6N5O4/c1-28(2,3)44-27(43)36-18(11-17-12-20(31)21(32)14-19(17)30)13-23(41)39-9-10-40-22(15-39)24(38-26(40)29(33,34)35)37-25(42)16-7-5-4-6-8-16/h4-8,12,14,18H,9-11,13,15H2,1-3H3,(H,36,43)(H,37,42)/t18-/m1/s1. The third kappa shape index (κ3) is 7.88. The molecule has 0 bridgehead atoms. The number of anilines is 1. The molecule has 0 fully saturated rings. The van der Waals surface area contributed by atoms with E-state index in [1.807, 2.05) is 0 Å². The van der Waals surface area contributed by atoms with Gasteiger partial charge in [0.2, 0.25) is 11.7 Å². The van der Waals surface area contributed by atoms with Crippen LogP contribution in [-0.2, 0) is 35.2 Å². The lowest BCUT2D eigenvalue weighted by Gasteiger charge is -2.31. The number of nitrogens with one attached hydrogen (secondary N) is 2. The van der Waals surface area contributed by atoms with Crippen LogP contribution in [0.4, 0.5) is 37.0 Å². The van der Waals surface area contributed by atoms with Gasteiger partial charge in [-0.2, -0.15) is 13.2 Å². The molecule has 1 atom stereocenters. The maximum Gasteiger partial charge on any atom is 0.449 e. The molecule has 44 heavy (non-hydrogen) atoms. The predicted molar refractivity (Wildman–Crippen MR) is 145 cm³/mol. The van der Waals surface area contributed by atoms with Crippen molar-refractivity contribution in [1.29, 1.82) is 0 Å². The van der Waals surface area contributed by atoms with Crippen molar-refractivity contribution in [3.63, 3.8) is 0 Å². The summed E-state index contributed by atoms with van der Waals surface area (Å²) in [5.74, 6) is -6.85. The number of alkyl carbamates (subject to hydrolysis) is 1. The molecule has 4 rings (SSSR count). The van der Waals surface area contributed by atoms with Crippen LogP contribution in [0.2, 0.25) is 0 Å². The van der Waals surface area contributed by atoms with Crippen LogP contribution in [0.1, 0.15) is 54.6 Å². The molecule has 2 N–H and O–H groups in total. The summed E-state index contributed by atoms with van der Waals surface area (Å²) in [4.78, 5) is 43.4. The van der Waals surface area contributed by atoms with Gasteiger partial charge in [-0.15, -0.1) is 0 Å². The van der Waals surface area contributed by atoms with Crippen LogP contribution in [0.15, 0.2) is 42.5 Å². The summed E-state index contributed by atoms with van der Waals surface area (Å²) in [6.07, 6.45) is -6.75. The molecule has 2 heterocycles. The van der Waals surface area contributed by atoms with E-state index in [9.17, 15) is 40.7 Å². The monoisotopic (exact) mass is 625 g/mol. The molecule has 0 saturated carbocycles. The maximum absolute atomic E-state index is 14.4. The topological polar surface area (TPSA) is 106 Å². The SMILES string of the molecule is CC(C)(C)OC(=O)N[C@@H](CC(=O)N1CCn2c(C(F)(F)F)nc(NC(=O)c3ccccc3)c2C1)Cc1cc(F)c(F)cc1F. The minimum absolute atomic E-state index is 0.0792. The number of amides is 3. The lowest BCUT2D eigenvalue weighted by Crippen LogP contribution is -2.45. The van der Waals surface area contributed by atoms with E-state index in [-0.39, 0.29) is 42.3 Å². The van der Waals surface area contributed by atoms with Gasteiger partial charge in [0.05, 0.1) is 12.2 Å². The molecular formula is C29H29F6N5O4. The van der Waals surface area contributed by atoms with E-state index in [4.69, 9.17) is 4.74 Å². The molecule has 0 spiro atoms. The minimum Gasteiger partial charge on any atom is -0.444 e. The van der Waals surface area contributed by atoms with Crippen LogP contribution >= 0.6 is 0 Å². The largest absolute Gasteiger partial charge is 0.449 e. The number of fused-ring (bicyclic) bond motifs is 1. The van der Waals surface area contributed by atoms with Crippen molar-refractivity contribution in [2.75, 3.05) is 11.9 Å². The molecule has 0 radical (unpaired) electrons. The third-order valence-electron chi connectivity index (χ3n) is 6.58. The van der Waals surface area contributed by atoms with Crippen molar-refractivity contribution in [2.45, 2.75) is 64.5 Å². The normalized spacial score (nSPS) is 14.1. The van der Waals surface area contributed by atoms with E-state index < -0.39 is 71.8 Å². The fourth-order valence-corrected chi connectivity index (χ4v) is 4.64. The van der Waals surface area contributed by atoms with Crippen LogP contribution in [0, 0.1) is 17.5 Å². The van der Waals surface area contributed by atoms with Crippen molar-refractivity contribution in [3.05, 3.63) is 82.6 Å². The third-order valence-corrected chi connectivity index (χ3v) is 6.58. The molecule has 1 aliphatic rings. The summed E-state index contributed by atoms with van der Waals surface area (Å²) in [5, 5.41) is 4.82. The Kier molecular flexibility index (Phi) is 9.25. The molecule has 0 unspecified atom stereocenters. The zero-order valence-corrected chi connectivity index (χ0v) is 23.9. The molecular weight excluding hydrogens is 596 g/mol. The highest BCUT2D eigenvalue weighted by atomic mass is 19.4. The predicted octanol–water partition coefficient (Wildman–Crippen LogP) is 5.44. The average molecular weight is 626 g/mol. The summed E-state index contributed by atoms with van der Waals surface area (Å²) in [7, 11) is 0. The molecule has 0 saturated heterocycles. The Bertz CT molecular complexity index is 1550. The molecule has 1 aliphatic heterocycles. The van der Waals surface area contributed by atoms with Gasteiger partial charge in [-0.3, -0.25) is 9.59 Å². The molecule has 0 aliphatic carbocycles. The number of benzene rings is 2. The van der Waals surface area contributed by atoms with Gasteiger partial charge in [-0.25, -0.2) is 22.9 Å². The number of hydrogen-bond acceptors (Lipinski definition) is 5. The summed E-state index contributed by atoms with van der Waals surface area (Å²) in [5.41, 5.74) is -1.17. The summed E-state index contributed by atoms with van der Waals surface area (Å²) < 4.78 is 89.3. The van der Waals surface area contributed by atoms with Crippen molar-refractivity contribution >= 4 is 23.7 Å². The zero-order valence-electron chi connectivity index (χ0n) is 23.9. The molecule has 9 nitrogen and oxygen atoms in total. The first kappa shape index (κ1) is 32.4. The number of hydrogen-bond donors (Lipinski definition) is 2. The van der Waals surface area contributed by atoms with Gasteiger partial charge in [0.1, 0.15) is 11.4 Å². The second-order valence-electron chi connectivity index (χ2n) is 11.1. The highest BCUT2D eigenvalue weighted by molar-refractivity contribution is 6.04. The number of alkyl halides is 3. The number of carbonyl (C=O) groups is 3. The fourth-order valence-electron chi connectivity index (χ4n) is 4.64. The molecule has 236 valence electrons. The van der Waals surface area contributed by atoms with E-state index in [0.717, 1.165) is 4.57 Å². The number of aromatic nitrogens is 2. The first-order valence-corrected chi connectivity index (χ1v) is 13.5. The number of imidazole rings is 1. The van der Waals surface area contributed by atoms with Crippen LogP contribution in [0.5, 0.6) is 0 Å². The molecule has 1 aromatic heterocycles. The van der Waals surface area contributed by atoms with E-state index in [2.05, 4.69) is 15.6 Å².